The first-order valence-electron chi connectivity index (χ1n) is 8.16. The molecule has 4 heteroatoms. The van der Waals surface area contributed by atoms with E-state index in [1.165, 1.54) is 0 Å². The predicted octanol–water partition coefficient (Wildman–Crippen LogP) is 4.37. The highest BCUT2D eigenvalue weighted by Crippen LogP contribution is 2.27. The van der Waals surface area contributed by atoms with Crippen LogP contribution in [0.5, 0.6) is 0 Å². The fourth-order valence-electron chi connectivity index (χ4n) is 3.05. The Kier molecular flexibility index (Phi) is 3.87. The van der Waals surface area contributed by atoms with E-state index in [1.54, 1.807) is 0 Å². The van der Waals surface area contributed by atoms with Gasteiger partial charge in [-0.2, -0.15) is 10.2 Å². The number of hydrogen-bond acceptors (Lipinski definition) is 4. The van der Waals surface area contributed by atoms with Crippen molar-refractivity contribution in [2.24, 2.45) is 15.2 Å². The number of benzene rings is 2. The smallest absolute Gasteiger partial charge is 0.170 e. The number of ketones is 1. The van der Waals surface area contributed by atoms with Gasteiger partial charge in [-0.05, 0) is 30.5 Å². The summed E-state index contributed by atoms with van der Waals surface area (Å²) in [6, 6.07) is 17.7. The molecular formula is C20H17N3O. The van der Waals surface area contributed by atoms with Gasteiger partial charge in [0, 0.05) is 29.8 Å². The number of aliphatic imine (C=N–C) groups is 1. The molecule has 0 N–H and O–H groups in total. The molecule has 24 heavy (non-hydrogen) atoms. The second-order valence-electron chi connectivity index (χ2n) is 6.05. The summed E-state index contributed by atoms with van der Waals surface area (Å²) in [6.07, 6.45) is 2.75. The first-order valence-corrected chi connectivity index (χ1v) is 8.16. The van der Waals surface area contributed by atoms with Gasteiger partial charge >= 0.3 is 0 Å². The van der Waals surface area contributed by atoms with Crippen molar-refractivity contribution in [1.82, 2.24) is 0 Å². The van der Waals surface area contributed by atoms with E-state index >= 15 is 0 Å². The van der Waals surface area contributed by atoms with Crippen LogP contribution < -0.4 is 0 Å². The lowest BCUT2D eigenvalue weighted by Gasteiger charge is -2.14. The molecule has 2 aromatic rings. The highest BCUT2D eigenvalue weighted by atomic mass is 16.1. The first kappa shape index (κ1) is 14.7. The number of carbonyl (C=O) groups excluding carboxylic acids is 1. The number of para-hydroxylation sites is 1. The van der Waals surface area contributed by atoms with Crippen LogP contribution in [0.4, 0.5) is 5.69 Å². The standard InChI is InChI=1S/C20H17N3O/c24-20-13-15(21-18-9-5-4-8-17(18)20)10-11-16-12-19(23-22-16)14-6-2-1-3-7-14/h1-9H,10-13H2. The van der Waals surface area contributed by atoms with Gasteiger partial charge in [-0.3, -0.25) is 9.79 Å². The summed E-state index contributed by atoms with van der Waals surface area (Å²) in [6.45, 7) is 0. The summed E-state index contributed by atoms with van der Waals surface area (Å²) < 4.78 is 0. The molecule has 0 atom stereocenters. The Morgan fingerprint density at radius 1 is 0.792 bits per heavy atom. The van der Waals surface area contributed by atoms with Crippen LogP contribution in [-0.4, -0.2) is 22.9 Å². The molecule has 4 nitrogen and oxygen atoms in total. The van der Waals surface area contributed by atoms with Gasteiger partial charge in [-0.25, -0.2) is 0 Å². The normalized spacial score (nSPS) is 16.3. The average Bonchev–Trinajstić information content (AvgIpc) is 3.10. The molecule has 0 radical (unpaired) electrons. The molecule has 2 aliphatic heterocycles. The van der Waals surface area contributed by atoms with Gasteiger partial charge in [0.25, 0.3) is 0 Å². The molecule has 2 aromatic carbocycles. The number of rotatable bonds is 4. The SMILES string of the molecule is O=C1CC(CCC2=NN=C(c3ccccc3)C2)=Nc2ccccc21. The lowest BCUT2D eigenvalue weighted by atomic mass is 9.96. The predicted molar refractivity (Wildman–Crippen MR) is 96.7 cm³/mol. The zero-order valence-corrected chi connectivity index (χ0v) is 13.3. The third kappa shape index (κ3) is 2.95. The molecule has 0 saturated carbocycles. The molecule has 0 bridgehead atoms. The quantitative estimate of drug-likeness (QED) is 0.826. The van der Waals surface area contributed by atoms with E-state index < -0.39 is 0 Å². The Bertz CT molecular complexity index is 879. The molecule has 0 unspecified atom stereocenters. The number of Topliss-reactive ketones (excluding diaryl/α,β-unsaturated/α-hetero) is 1. The van der Waals surface area contributed by atoms with Crippen molar-refractivity contribution < 1.29 is 4.79 Å². The number of fused-ring (bicyclic) bond motifs is 1. The fourth-order valence-corrected chi connectivity index (χ4v) is 3.05. The summed E-state index contributed by atoms with van der Waals surface area (Å²) in [4.78, 5) is 16.8. The van der Waals surface area contributed by atoms with E-state index in [9.17, 15) is 4.79 Å². The van der Waals surface area contributed by atoms with Crippen LogP contribution in [0.25, 0.3) is 0 Å². The largest absolute Gasteiger partial charge is 0.294 e. The molecule has 2 aliphatic rings. The van der Waals surface area contributed by atoms with Crippen molar-refractivity contribution in [1.29, 1.82) is 0 Å². The first-order chi connectivity index (χ1) is 11.8. The minimum absolute atomic E-state index is 0.158. The zero-order valence-electron chi connectivity index (χ0n) is 13.3. The molecule has 0 saturated heterocycles. The molecule has 0 aliphatic carbocycles. The van der Waals surface area contributed by atoms with Crippen LogP contribution in [0, 0.1) is 0 Å². The van der Waals surface area contributed by atoms with Crippen LogP contribution in [0.15, 0.2) is 69.8 Å². The van der Waals surface area contributed by atoms with Gasteiger partial charge in [-0.15, -0.1) is 0 Å². The Labute approximate surface area is 140 Å². The maximum atomic E-state index is 12.2. The number of carbonyl (C=O) groups is 1. The van der Waals surface area contributed by atoms with E-state index in [0.717, 1.165) is 53.2 Å². The van der Waals surface area contributed by atoms with E-state index in [2.05, 4.69) is 27.3 Å². The molecule has 0 amide bonds. The van der Waals surface area contributed by atoms with Crippen LogP contribution in [0.1, 0.15) is 41.6 Å². The lowest BCUT2D eigenvalue weighted by molar-refractivity contribution is 0.0999. The van der Waals surface area contributed by atoms with E-state index in [0.29, 0.717) is 6.42 Å². The van der Waals surface area contributed by atoms with Crippen molar-refractivity contribution in [3.8, 4) is 0 Å². The summed E-state index contributed by atoms with van der Waals surface area (Å²) in [5, 5.41) is 8.61. The molecular weight excluding hydrogens is 298 g/mol. The lowest BCUT2D eigenvalue weighted by Crippen LogP contribution is -2.14. The molecule has 0 aromatic heterocycles. The molecule has 0 spiro atoms. The monoisotopic (exact) mass is 315 g/mol. The summed E-state index contributed by atoms with van der Waals surface area (Å²) >= 11 is 0. The zero-order chi connectivity index (χ0) is 16.4. The van der Waals surface area contributed by atoms with Gasteiger partial charge in [0.1, 0.15) is 0 Å². The average molecular weight is 315 g/mol. The maximum Gasteiger partial charge on any atom is 0.170 e. The minimum Gasteiger partial charge on any atom is -0.294 e. The van der Waals surface area contributed by atoms with E-state index in [-0.39, 0.29) is 5.78 Å². The molecule has 0 fully saturated rings. The third-order valence-electron chi connectivity index (χ3n) is 4.34. The van der Waals surface area contributed by atoms with Gasteiger partial charge in [0.05, 0.1) is 11.4 Å². The Morgan fingerprint density at radius 2 is 1.54 bits per heavy atom. The van der Waals surface area contributed by atoms with Gasteiger partial charge in [0.15, 0.2) is 5.78 Å². The van der Waals surface area contributed by atoms with Gasteiger partial charge in [-0.1, -0.05) is 42.5 Å². The Hall–Kier alpha value is -2.88. The van der Waals surface area contributed by atoms with Crippen molar-refractivity contribution in [2.45, 2.75) is 25.7 Å². The molecule has 118 valence electrons. The van der Waals surface area contributed by atoms with Crippen LogP contribution in [-0.2, 0) is 0 Å². The Morgan fingerprint density at radius 3 is 2.42 bits per heavy atom. The highest BCUT2D eigenvalue weighted by molar-refractivity contribution is 6.18. The van der Waals surface area contributed by atoms with Gasteiger partial charge < -0.3 is 0 Å². The number of hydrogen-bond donors (Lipinski definition) is 0. The Balaban J connectivity index is 1.39. The second-order valence-corrected chi connectivity index (χ2v) is 6.05. The highest BCUT2D eigenvalue weighted by Gasteiger charge is 2.20. The summed E-state index contributed by atoms with van der Waals surface area (Å²) in [5.41, 5.74) is 5.65. The molecule has 4 rings (SSSR count). The van der Waals surface area contributed by atoms with Gasteiger partial charge in [0.2, 0.25) is 0 Å². The van der Waals surface area contributed by atoms with Crippen LogP contribution >= 0.6 is 0 Å². The van der Waals surface area contributed by atoms with E-state index in [1.807, 2.05) is 42.5 Å². The fraction of sp³-hybridized carbons (Fsp3) is 0.200. The molecule has 2 heterocycles. The van der Waals surface area contributed by atoms with Crippen molar-refractivity contribution in [3.05, 3.63) is 65.7 Å². The topological polar surface area (TPSA) is 54.1 Å². The number of nitrogens with zero attached hydrogens (tertiary/aromatic N) is 3. The maximum absolute atomic E-state index is 12.2. The van der Waals surface area contributed by atoms with Crippen molar-refractivity contribution in [3.63, 3.8) is 0 Å². The second kappa shape index (κ2) is 6.32. The summed E-state index contributed by atoms with van der Waals surface area (Å²) in [5.74, 6) is 0.158. The van der Waals surface area contributed by atoms with Crippen molar-refractivity contribution >= 4 is 28.6 Å². The summed E-state index contributed by atoms with van der Waals surface area (Å²) in [7, 11) is 0. The van der Waals surface area contributed by atoms with E-state index in [4.69, 9.17) is 0 Å². The minimum atomic E-state index is 0.158. The van der Waals surface area contributed by atoms with Crippen molar-refractivity contribution in [2.75, 3.05) is 0 Å². The van der Waals surface area contributed by atoms with Crippen LogP contribution in [0.2, 0.25) is 0 Å². The third-order valence-corrected chi connectivity index (χ3v) is 4.34. The van der Waals surface area contributed by atoms with Crippen LogP contribution in [0.3, 0.4) is 0 Å².